The Labute approximate surface area is 234 Å². The van der Waals surface area contributed by atoms with E-state index < -0.39 is 73.3 Å². The molecule has 0 bridgehead atoms. The standard InChI is InChI=1S/C30H38O10/c1-17-23(26-27(28(32)36-17)40-30(2,3)39-26)34-15-20-22(31)25(33-14-18-10-6-4-7-11-18)24-21(37-20)16-35-29(38-24)19-12-8-5-9-13-19/h4-13,17,20-29,31-32H,14-16H2,1-3H3/t17-,20-,21+,22+,23-,24+,25+,26+,27+,28+,29?/m0/s1. The summed E-state index contributed by atoms with van der Waals surface area (Å²) in [7, 11) is 0. The number of aliphatic hydroxyl groups excluding tert-OH is 2. The van der Waals surface area contributed by atoms with Crippen LogP contribution >= 0.6 is 0 Å². The molecule has 218 valence electrons. The fraction of sp³-hybridized carbons (Fsp3) is 0.600. The zero-order valence-corrected chi connectivity index (χ0v) is 22.9. The Kier molecular flexibility index (Phi) is 8.26. The second kappa shape index (κ2) is 11.7. The van der Waals surface area contributed by atoms with Crippen molar-refractivity contribution in [1.29, 1.82) is 0 Å². The number of hydrogen-bond acceptors (Lipinski definition) is 10. The van der Waals surface area contributed by atoms with Crippen LogP contribution in [0.5, 0.6) is 0 Å². The van der Waals surface area contributed by atoms with Crippen molar-refractivity contribution in [3.63, 3.8) is 0 Å². The summed E-state index contributed by atoms with van der Waals surface area (Å²) in [5.41, 5.74) is 1.86. The van der Waals surface area contributed by atoms with Crippen molar-refractivity contribution >= 4 is 0 Å². The molecule has 11 atom stereocenters. The van der Waals surface area contributed by atoms with Gasteiger partial charge in [-0.05, 0) is 26.3 Å². The van der Waals surface area contributed by atoms with Gasteiger partial charge in [0.25, 0.3) is 0 Å². The average Bonchev–Trinajstić information content (AvgIpc) is 3.29. The maximum Gasteiger partial charge on any atom is 0.184 e. The number of ether oxygens (including phenoxy) is 8. The molecular weight excluding hydrogens is 520 g/mol. The molecule has 2 aromatic rings. The zero-order chi connectivity index (χ0) is 27.9. The Morgan fingerprint density at radius 2 is 1.52 bits per heavy atom. The molecule has 4 saturated heterocycles. The van der Waals surface area contributed by atoms with Gasteiger partial charge in [-0.25, -0.2) is 0 Å². The number of rotatable bonds is 7. The molecule has 4 aliphatic heterocycles. The Bertz CT molecular complexity index is 1100. The van der Waals surface area contributed by atoms with Gasteiger partial charge in [0, 0.05) is 5.56 Å². The van der Waals surface area contributed by atoms with E-state index in [2.05, 4.69) is 0 Å². The van der Waals surface area contributed by atoms with Crippen molar-refractivity contribution in [1.82, 2.24) is 0 Å². The molecular formula is C30H38O10. The first kappa shape index (κ1) is 28.2. The van der Waals surface area contributed by atoms with Gasteiger partial charge in [-0.15, -0.1) is 0 Å². The van der Waals surface area contributed by atoms with Crippen LogP contribution in [0.15, 0.2) is 60.7 Å². The second-order valence-electron chi connectivity index (χ2n) is 11.2. The predicted molar refractivity (Wildman–Crippen MR) is 140 cm³/mol. The van der Waals surface area contributed by atoms with Crippen LogP contribution in [0.3, 0.4) is 0 Å². The number of hydrogen-bond donors (Lipinski definition) is 2. The van der Waals surface area contributed by atoms with Crippen molar-refractivity contribution in [3.05, 3.63) is 71.8 Å². The fourth-order valence-corrected chi connectivity index (χ4v) is 5.92. The van der Waals surface area contributed by atoms with Crippen LogP contribution in [0.25, 0.3) is 0 Å². The first-order valence-corrected chi connectivity index (χ1v) is 13.9. The smallest absolute Gasteiger partial charge is 0.184 e. The van der Waals surface area contributed by atoms with E-state index in [4.69, 9.17) is 37.9 Å². The molecule has 0 amide bonds. The van der Waals surface area contributed by atoms with Crippen LogP contribution in [0.2, 0.25) is 0 Å². The van der Waals surface area contributed by atoms with Crippen molar-refractivity contribution < 1.29 is 48.1 Å². The molecule has 2 aromatic carbocycles. The summed E-state index contributed by atoms with van der Waals surface area (Å²) in [6, 6.07) is 19.5. The van der Waals surface area contributed by atoms with Crippen LogP contribution < -0.4 is 0 Å². The SMILES string of the molecule is C[C@@H]1O[C@@H](O)[C@@H]2OC(C)(C)O[C@@H]2[C@H]1OC[C@@H]1O[C@@H]2COC(c3ccccc3)O[C@H]2[C@H](OCc2ccccc2)[C@@H]1O. The first-order valence-electron chi connectivity index (χ1n) is 13.9. The Balaban J connectivity index is 1.17. The van der Waals surface area contributed by atoms with Crippen molar-refractivity contribution in [2.75, 3.05) is 13.2 Å². The summed E-state index contributed by atoms with van der Waals surface area (Å²) < 4.78 is 48.9. The van der Waals surface area contributed by atoms with Gasteiger partial charge >= 0.3 is 0 Å². The van der Waals surface area contributed by atoms with Gasteiger partial charge in [0.1, 0.15) is 48.8 Å². The average molecular weight is 559 g/mol. The molecule has 10 nitrogen and oxygen atoms in total. The molecule has 0 spiro atoms. The summed E-state index contributed by atoms with van der Waals surface area (Å²) in [4.78, 5) is 0. The molecule has 1 unspecified atom stereocenters. The van der Waals surface area contributed by atoms with E-state index in [9.17, 15) is 10.2 Å². The van der Waals surface area contributed by atoms with Crippen LogP contribution in [-0.2, 0) is 44.5 Å². The summed E-state index contributed by atoms with van der Waals surface area (Å²) in [5.74, 6) is -0.887. The lowest BCUT2D eigenvalue weighted by Crippen LogP contribution is -2.64. The molecule has 0 saturated carbocycles. The molecule has 4 aliphatic rings. The highest BCUT2D eigenvalue weighted by Crippen LogP contribution is 2.39. The minimum absolute atomic E-state index is 0.0408. The third kappa shape index (κ3) is 5.84. The Hall–Kier alpha value is -1.96. The van der Waals surface area contributed by atoms with Crippen LogP contribution in [0.1, 0.15) is 38.2 Å². The number of fused-ring (bicyclic) bond motifs is 2. The van der Waals surface area contributed by atoms with E-state index in [1.165, 1.54) is 0 Å². The topological polar surface area (TPSA) is 114 Å². The van der Waals surface area contributed by atoms with Crippen LogP contribution in [0.4, 0.5) is 0 Å². The van der Waals surface area contributed by atoms with Gasteiger partial charge in [0.2, 0.25) is 0 Å². The summed E-state index contributed by atoms with van der Waals surface area (Å²) in [5, 5.41) is 21.9. The lowest BCUT2D eigenvalue weighted by molar-refractivity contribution is -0.341. The Morgan fingerprint density at radius 3 is 2.27 bits per heavy atom. The lowest BCUT2D eigenvalue weighted by Gasteiger charge is -2.48. The summed E-state index contributed by atoms with van der Waals surface area (Å²) in [6.45, 7) is 5.99. The van der Waals surface area contributed by atoms with E-state index in [1.54, 1.807) is 13.8 Å². The molecule has 0 aromatic heterocycles. The molecule has 10 heteroatoms. The molecule has 4 heterocycles. The normalized spacial score (nSPS) is 40.8. The Morgan fingerprint density at radius 1 is 0.825 bits per heavy atom. The summed E-state index contributed by atoms with van der Waals surface area (Å²) in [6.07, 6.45) is -7.46. The quantitative estimate of drug-likeness (QED) is 0.525. The second-order valence-corrected chi connectivity index (χ2v) is 11.2. The molecule has 2 N–H and O–H groups in total. The minimum Gasteiger partial charge on any atom is -0.387 e. The van der Waals surface area contributed by atoms with E-state index in [0.29, 0.717) is 6.61 Å². The third-order valence-corrected chi connectivity index (χ3v) is 7.85. The highest BCUT2D eigenvalue weighted by atomic mass is 16.8. The third-order valence-electron chi connectivity index (χ3n) is 7.85. The number of aliphatic hydroxyl groups is 2. The highest BCUT2D eigenvalue weighted by Gasteiger charge is 2.55. The maximum absolute atomic E-state index is 11.5. The maximum atomic E-state index is 11.5. The monoisotopic (exact) mass is 558 g/mol. The molecule has 0 radical (unpaired) electrons. The van der Waals surface area contributed by atoms with E-state index in [-0.39, 0.29) is 13.2 Å². The van der Waals surface area contributed by atoms with Gasteiger partial charge < -0.3 is 48.1 Å². The summed E-state index contributed by atoms with van der Waals surface area (Å²) >= 11 is 0. The predicted octanol–water partition coefficient (Wildman–Crippen LogP) is 2.46. The lowest BCUT2D eigenvalue weighted by atomic mass is 9.93. The van der Waals surface area contributed by atoms with Gasteiger partial charge in [-0.2, -0.15) is 0 Å². The first-order chi connectivity index (χ1) is 19.3. The molecule has 4 fully saturated rings. The minimum atomic E-state index is -1.12. The van der Waals surface area contributed by atoms with E-state index in [0.717, 1.165) is 11.1 Å². The van der Waals surface area contributed by atoms with Crippen molar-refractivity contribution in [2.24, 2.45) is 0 Å². The highest BCUT2D eigenvalue weighted by molar-refractivity contribution is 5.17. The van der Waals surface area contributed by atoms with E-state index >= 15 is 0 Å². The van der Waals surface area contributed by atoms with Crippen LogP contribution in [-0.4, -0.2) is 90.4 Å². The van der Waals surface area contributed by atoms with Gasteiger partial charge in [-0.1, -0.05) is 60.7 Å². The fourth-order valence-electron chi connectivity index (χ4n) is 5.92. The number of benzene rings is 2. The van der Waals surface area contributed by atoms with E-state index in [1.807, 2.05) is 67.6 Å². The molecule has 6 rings (SSSR count). The van der Waals surface area contributed by atoms with Gasteiger partial charge in [-0.3, -0.25) is 0 Å². The molecule has 0 aliphatic carbocycles. The van der Waals surface area contributed by atoms with Gasteiger partial charge in [0.05, 0.1) is 25.9 Å². The van der Waals surface area contributed by atoms with Crippen LogP contribution in [0, 0.1) is 0 Å². The van der Waals surface area contributed by atoms with Gasteiger partial charge in [0.15, 0.2) is 18.4 Å². The zero-order valence-electron chi connectivity index (χ0n) is 22.9. The van der Waals surface area contributed by atoms with Crippen molar-refractivity contribution in [2.45, 2.75) is 101 Å². The van der Waals surface area contributed by atoms with Crippen molar-refractivity contribution in [3.8, 4) is 0 Å². The molecule has 40 heavy (non-hydrogen) atoms. The largest absolute Gasteiger partial charge is 0.387 e.